The van der Waals surface area contributed by atoms with Crippen LogP contribution in [0.1, 0.15) is 179 Å². The first-order valence-corrected chi connectivity index (χ1v) is 24.9. The molecule has 0 bridgehead atoms. The zero-order valence-electron chi connectivity index (χ0n) is 39.8. The predicted molar refractivity (Wildman–Crippen MR) is 263 cm³/mol. The first-order chi connectivity index (χ1) is 31.5. The number of unbranched alkanes of at least 4 members (excludes halogenated alkanes) is 15. The Hall–Kier alpha value is -5.16. The van der Waals surface area contributed by atoms with Gasteiger partial charge in [0.05, 0.1) is 50.2 Å². The van der Waals surface area contributed by atoms with Crippen molar-refractivity contribution in [2.75, 3.05) is 33.0 Å². The SMILES string of the molecule is CCCCCCOc1cc2c3cc(OCCCCCC)c(OCCCCCC)cc3c3cc(OC(=O)c4ccc(C#N)cc4)c(OCCCCCC)cc3c2cc1OCCCCCC. The maximum atomic E-state index is 13.8. The molecular formula is C56H75NO7. The molecule has 5 rings (SSSR count). The Kier molecular flexibility index (Phi) is 21.7. The average Bonchev–Trinajstić information content (AvgIpc) is 3.31. The van der Waals surface area contributed by atoms with Crippen molar-refractivity contribution in [3.8, 4) is 40.6 Å². The van der Waals surface area contributed by atoms with E-state index in [4.69, 9.17) is 28.4 Å². The van der Waals surface area contributed by atoms with E-state index in [0.29, 0.717) is 61.4 Å². The van der Waals surface area contributed by atoms with Gasteiger partial charge in [-0.25, -0.2) is 4.79 Å². The van der Waals surface area contributed by atoms with E-state index in [1.165, 1.54) is 25.7 Å². The van der Waals surface area contributed by atoms with Crippen molar-refractivity contribution in [2.24, 2.45) is 0 Å². The van der Waals surface area contributed by atoms with Crippen molar-refractivity contribution in [3.63, 3.8) is 0 Å². The summed E-state index contributed by atoms with van der Waals surface area (Å²) in [7, 11) is 0. The molecule has 8 heteroatoms. The molecule has 8 nitrogen and oxygen atoms in total. The van der Waals surface area contributed by atoms with Gasteiger partial charge in [0.1, 0.15) is 0 Å². The molecule has 0 saturated heterocycles. The predicted octanol–water partition coefficient (Wildman–Crippen LogP) is 16.0. The lowest BCUT2D eigenvalue weighted by molar-refractivity contribution is 0.0728. The summed E-state index contributed by atoms with van der Waals surface area (Å²) in [6, 6.07) is 21.1. The van der Waals surface area contributed by atoms with Crippen molar-refractivity contribution in [3.05, 3.63) is 71.8 Å². The number of esters is 1. The molecule has 64 heavy (non-hydrogen) atoms. The van der Waals surface area contributed by atoms with Crippen LogP contribution < -0.4 is 28.4 Å². The van der Waals surface area contributed by atoms with Gasteiger partial charge in [-0.2, -0.15) is 5.26 Å². The zero-order valence-corrected chi connectivity index (χ0v) is 39.8. The summed E-state index contributed by atoms with van der Waals surface area (Å²) in [4.78, 5) is 13.8. The molecule has 0 aromatic heterocycles. The summed E-state index contributed by atoms with van der Waals surface area (Å²) in [6.07, 6.45) is 21.8. The molecular weight excluding hydrogens is 799 g/mol. The van der Waals surface area contributed by atoms with Gasteiger partial charge in [-0.1, -0.05) is 131 Å². The molecule has 0 aliphatic heterocycles. The molecule has 0 fully saturated rings. The van der Waals surface area contributed by atoms with Gasteiger partial charge in [0.2, 0.25) is 0 Å². The lowest BCUT2D eigenvalue weighted by atomic mass is 9.93. The van der Waals surface area contributed by atoms with Crippen LogP contribution in [0.4, 0.5) is 0 Å². The van der Waals surface area contributed by atoms with Crippen LogP contribution in [0, 0.1) is 11.3 Å². The quantitative estimate of drug-likeness (QED) is 0.0182. The third-order valence-corrected chi connectivity index (χ3v) is 11.9. The van der Waals surface area contributed by atoms with Crippen LogP contribution in [0.5, 0.6) is 34.5 Å². The number of hydrogen-bond donors (Lipinski definition) is 0. The summed E-state index contributed by atoms with van der Waals surface area (Å²) in [5.41, 5.74) is 0.817. The standard InChI is InChI=1S/C56H75NO7/c1-6-11-16-21-30-59-50-35-44-45-36-51(60-31-22-17-12-7-2)53(62-33-24-19-14-9-4)38-47(45)49-40-55(64-56(58)43-28-26-42(41-57)27-29-43)54(63-34-25-20-15-10-5)39-48(49)46(44)37-52(50)61-32-23-18-13-8-3/h26-29,35-40H,6-25,30-34H2,1-5H3. The van der Waals surface area contributed by atoms with Crippen LogP contribution in [0.2, 0.25) is 0 Å². The van der Waals surface area contributed by atoms with Crippen molar-refractivity contribution in [2.45, 2.75) is 163 Å². The van der Waals surface area contributed by atoms with E-state index in [1.54, 1.807) is 24.3 Å². The summed E-state index contributed by atoms with van der Waals surface area (Å²) in [5.74, 6) is 3.17. The maximum absolute atomic E-state index is 13.8. The number of hydrogen-bond acceptors (Lipinski definition) is 8. The smallest absolute Gasteiger partial charge is 0.343 e. The van der Waals surface area contributed by atoms with E-state index in [0.717, 1.165) is 152 Å². The maximum Gasteiger partial charge on any atom is 0.343 e. The van der Waals surface area contributed by atoms with Crippen LogP contribution in [-0.2, 0) is 0 Å². The Morgan fingerprint density at radius 1 is 0.391 bits per heavy atom. The Morgan fingerprint density at radius 3 is 0.922 bits per heavy atom. The third kappa shape index (κ3) is 14.7. The number of carbonyl (C=O) groups is 1. The van der Waals surface area contributed by atoms with Crippen molar-refractivity contribution in [1.29, 1.82) is 5.26 Å². The molecule has 0 radical (unpaired) electrons. The molecule has 0 spiro atoms. The van der Waals surface area contributed by atoms with E-state index < -0.39 is 5.97 Å². The van der Waals surface area contributed by atoms with Crippen LogP contribution in [0.15, 0.2) is 60.7 Å². The van der Waals surface area contributed by atoms with Gasteiger partial charge in [-0.3, -0.25) is 0 Å². The minimum Gasteiger partial charge on any atom is -0.490 e. The van der Waals surface area contributed by atoms with Gasteiger partial charge in [0, 0.05) is 0 Å². The molecule has 0 amide bonds. The molecule has 0 aliphatic carbocycles. The normalized spacial score (nSPS) is 11.2. The van der Waals surface area contributed by atoms with Crippen LogP contribution in [0.3, 0.4) is 0 Å². The van der Waals surface area contributed by atoms with Crippen LogP contribution in [-0.4, -0.2) is 39.0 Å². The highest BCUT2D eigenvalue weighted by atomic mass is 16.6. The number of nitrogens with zero attached hydrogens (tertiary/aromatic N) is 1. The fourth-order valence-corrected chi connectivity index (χ4v) is 8.06. The average molecular weight is 874 g/mol. The summed E-state index contributed by atoms with van der Waals surface area (Å²) in [6.45, 7) is 13.9. The highest BCUT2D eigenvalue weighted by molar-refractivity contribution is 6.27. The molecule has 5 aromatic rings. The number of benzene rings is 5. The number of carbonyl (C=O) groups excluding carboxylic acids is 1. The Labute approximate surface area is 383 Å². The lowest BCUT2D eigenvalue weighted by Crippen LogP contribution is -2.10. The minimum atomic E-state index is -0.529. The van der Waals surface area contributed by atoms with Gasteiger partial charge in [0.25, 0.3) is 0 Å². The van der Waals surface area contributed by atoms with E-state index in [2.05, 4.69) is 65.0 Å². The molecule has 0 heterocycles. The van der Waals surface area contributed by atoms with Crippen molar-refractivity contribution >= 4 is 38.3 Å². The van der Waals surface area contributed by atoms with Gasteiger partial charge in [-0.05, 0) is 125 Å². The molecule has 0 atom stereocenters. The highest BCUT2D eigenvalue weighted by Gasteiger charge is 2.22. The van der Waals surface area contributed by atoms with E-state index in [9.17, 15) is 10.1 Å². The largest absolute Gasteiger partial charge is 0.490 e. The van der Waals surface area contributed by atoms with E-state index >= 15 is 0 Å². The van der Waals surface area contributed by atoms with Crippen molar-refractivity contribution in [1.82, 2.24) is 0 Å². The Balaban J connectivity index is 1.75. The fourth-order valence-electron chi connectivity index (χ4n) is 8.06. The monoisotopic (exact) mass is 874 g/mol. The topological polar surface area (TPSA) is 96.2 Å². The van der Waals surface area contributed by atoms with Crippen molar-refractivity contribution < 1.29 is 33.2 Å². The number of ether oxygens (including phenoxy) is 6. The molecule has 0 N–H and O–H groups in total. The lowest BCUT2D eigenvalue weighted by Gasteiger charge is -2.20. The number of rotatable bonds is 32. The second kappa shape index (κ2) is 27.9. The second-order valence-corrected chi connectivity index (χ2v) is 17.2. The first kappa shape index (κ1) is 49.8. The molecule has 346 valence electrons. The highest BCUT2D eigenvalue weighted by Crippen LogP contribution is 2.47. The van der Waals surface area contributed by atoms with E-state index in [-0.39, 0.29) is 0 Å². The Morgan fingerprint density at radius 2 is 0.656 bits per heavy atom. The molecule has 0 saturated carbocycles. The minimum absolute atomic E-state index is 0.329. The Bertz CT molecular complexity index is 2170. The van der Waals surface area contributed by atoms with Gasteiger partial charge in [0.15, 0.2) is 34.5 Å². The summed E-state index contributed by atoms with van der Waals surface area (Å²) >= 11 is 0. The molecule has 0 unspecified atom stereocenters. The fraction of sp³-hybridized carbons (Fsp3) is 0.536. The zero-order chi connectivity index (χ0) is 45.4. The molecule has 5 aromatic carbocycles. The van der Waals surface area contributed by atoms with Gasteiger partial charge in [-0.15, -0.1) is 0 Å². The van der Waals surface area contributed by atoms with Gasteiger partial charge >= 0.3 is 5.97 Å². The van der Waals surface area contributed by atoms with Gasteiger partial charge < -0.3 is 28.4 Å². The van der Waals surface area contributed by atoms with Crippen LogP contribution >= 0.6 is 0 Å². The number of nitriles is 1. The number of fused-ring (bicyclic) bond motifs is 6. The molecule has 0 aliphatic rings. The first-order valence-electron chi connectivity index (χ1n) is 24.9. The van der Waals surface area contributed by atoms with Crippen LogP contribution in [0.25, 0.3) is 32.3 Å². The summed E-state index contributed by atoms with van der Waals surface area (Å²) < 4.78 is 39.3. The van der Waals surface area contributed by atoms with E-state index in [1.807, 2.05) is 12.1 Å². The second-order valence-electron chi connectivity index (χ2n) is 17.2. The summed E-state index contributed by atoms with van der Waals surface area (Å²) in [5, 5.41) is 15.1. The third-order valence-electron chi connectivity index (χ3n) is 11.9.